The summed E-state index contributed by atoms with van der Waals surface area (Å²) < 4.78 is 34.2. The molecule has 8 heteroatoms. The smallest absolute Gasteiger partial charge is 0.264 e. The van der Waals surface area contributed by atoms with Gasteiger partial charge in [-0.1, -0.05) is 91.0 Å². The van der Waals surface area contributed by atoms with Crippen LogP contribution in [0.2, 0.25) is 0 Å². The number of ether oxygens (including phenoxy) is 1. The SMILES string of the molecule is COc1ccccc1N(CC(=O)N1CCN(C(c2ccccc2)c2ccccc2)CC1)S(=O)(=O)c1ccccc1. The number of methoxy groups -OCH3 is 1. The molecule has 0 aliphatic carbocycles. The Labute approximate surface area is 236 Å². The molecule has 206 valence electrons. The van der Waals surface area contributed by atoms with Crippen molar-refractivity contribution in [2.24, 2.45) is 0 Å². The van der Waals surface area contributed by atoms with Gasteiger partial charge in [0.2, 0.25) is 5.91 Å². The summed E-state index contributed by atoms with van der Waals surface area (Å²) in [4.78, 5) is 17.9. The predicted molar refractivity (Wildman–Crippen MR) is 157 cm³/mol. The van der Waals surface area contributed by atoms with E-state index in [4.69, 9.17) is 4.74 Å². The van der Waals surface area contributed by atoms with Gasteiger partial charge in [-0.25, -0.2) is 8.42 Å². The molecule has 1 aliphatic heterocycles. The van der Waals surface area contributed by atoms with Gasteiger partial charge in [-0.2, -0.15) is 0 Å². The van der Waals surface area contributed by atoms with Crippen LogP contribution >= 0.6 is 0 Å². The third kappa shape index (κ3) is 5.88. The van der Waals surface area contributed by atoms with Crippen molar-refractivity contribution in [2.75, 3.05) is 44.1 Å². The van der Waals surface area contributed by atoms with E-state index in [-0.39, 0.29) is 23.4 Å². The monoisotopic (exact) mass is 555 g/mol. The van der Waals surface area contributed by atoms with E-state index in [2.05, 4.69) is 29.2 Å². The second-order valence-corrected chi connectivity index (χ2v) is 11.5. The second kappa shape index (κ2) is 12.4. The molecule has 40 heavy (non-hydrogen) atoms. The van der Waals surface area contributed by atoms with Gasteiger partial charge in [-0.15, -0.1) is 0 Å². The van der Waals surface area contributed by atoms with Crippen molar-refractivity contribution in [3.8, 4) is 5.75 Å². The van der Waals surface area contributed by atoms with Crippen LogP contribution in [0.25, 0.3) is 0 Å². The Hall–Kier alpha value is -4.14. The minimum Gasteiger partial charge on any atom is -0.495 e. The van der Waals surface area contributed by atoms with E-state index in [0.29, 0.717) is 37.6 Å². The van der Waals surface area contributed by atoms with Gasteiger partial charge in [0.15, 0.2) is 0 Å². The summed E-state index contributed by atoms with van der Waals surface area (Å²) >= 11 is 0. The molecular weight excluding hydrogens is 522 g/mol. The highest BCUT2D eigenvalue weighted by Crippen LogP contribution is 2.33. The maximum Gasteiger partial charge on any atom is 0.264 e. The number of benzene rings is 4. The molecule has 4 aromatic carbocycles. The molecule has 1 amide bonds. The van der Waals surface area contributed by atoms with Crippen molar-refractivity contribution in [1.82, 2.24) is 9.80 Å². The topological polar surface area (TPSA) is 70.2 Å². The van der Waals surface area contributed by atoms with E-state index >= 15 is 0 Å². The third-order valence-electron chi connectivity index (χ3n) is 7.23. The molecule has 1 heterocycles. The van der Waals surface area contributed by atoms with Crippen molar-refractivity contribution in [3.05, 3.63) is 126 Å². The van der Waals surface area contributed by atoms with Gasteiger partial charge in [-0.3, -0.25) is 14.0 Å². The van der Waals surface area contributed by atoms with Crippen molar-refractivity contribution in [1.29, 1.82) is 0 Å². The first kappa shape index (κ1) is 27.4. The summed E-state index contributed by atoms with van der Waals surface area (Å²) in [6, 6.07) is 35.9. The van der Waals surface area contributed by atoms with E-state index in [9.17, 15) is 13.2 Å². The summed E-state index contributed by atoms with van der Waals surface area (Å²) in [5.41, 5.74) is 2.73. The van der Waals surface area contributed by atoms with Gasteiger partial charge >= 0.3 is 0 Å². The number of hydrogen-bond donors (Lipinski definition) is 0. The fourth-order valence-electron chi connectivity index (χ4n) is 5.19. The Morgan fingerprint density at radius 1 is 0.750 bits per heavy atom. The normalized spacial score (nSPS) is 14.2. The number of sulfonamides is 1. The number of hydrogen-bond acceptors (Lipinski definition) is 5. The van der Waals surface area contributed by atoms with E-state index in [1.165, 1.54) is 30.4 Å². The molecule has 4 aromatic rings. The van der Waals surface area contributed by atoms with Crippen LogP contribution in [0.5, 0.6) is 5.75 Å². The Bertz CT molecular complexity index is 1470. The average molecular weight is 556 g/mol. The molecule has 0 aromatic heterocycles. The van der Waals surface area contributed by atoms with Gasteiger partial charge in [0, 0.05) is 26.2 Å². The van der Waals surface area contributed by atoms with E-state index < -0.39 is 10.0 Å². The number of nitrogens with zero attached hydrogens (tertiary/aromatic N) is 3. The van der Waals surface area contributed by atoms with Crippen LogP contribution < -0.4 is 9.04 Å². The Morgan fingerprint density at radius 3 is 1.80 bits per heavy atom. The van der Waals surface area contributed by atoms with Gasteiger partial charge in [0.05, 0.1) is 23.7 Å². The Kier molecular flexibility index (Phi) is 8.48. The Balaban J connectivity index is 1.36. The highest BCUT2D eigenvalue weighted by Gasteiger charge is 2.33. The molecule has 0 spiro atoms. The molecule has 0 unspecified atom stereocenters. The lowest BCUT2D eigenvalue weighted by Gasteiger charge is -2.40. The van der Waals surface area contributed by atoms with Crippen LogP contribution in [0.3, 0.4) is 0 Å². The van der Waals surface area contributed by atoms with Crippen LogP contribution in [-0.4, -0.2) is 64.0 Å². The highest BCUT2D eigenvalue weighted by molar-refractivity contribution is 7.92. The minimum absolute atomic E-state index is 0.0724. The summed E-state index contributed by atoms with van der Waals surface area (Å²) in [5, 5.41) is 0. The second-order valence-electron chi connectivity index (χ2n) is 9.64. The molecule has 0 N–H and O–H groups in total. The molecule has 1 aliphatic rings. The highest BCUT2D eigenvalue weighted by atomic mass is 32.2. The van der Waals surface area contributed by atoms with Gasteiger partial charge < -0.3 is 9.64 Å². The fourth-order valence-corrected chi connectivity index (χ4v) is 6.64. The summed E-state index contributed by atoms with van der Waals surface area (Å²) in [6.07, 6.45) is 0. The first-order chi connectivity index (χ1) is 19.5. The number of carbonyl (C=O) groups is 1. The number of amides is 1. The molecular formula is C32H33N3O4S. The van der Waals surface area contributed by atoms with Crippen LogP contribution in [-0.2, 0) is 14.8 Å². The van der Waals surface area contributed by atoms with Crippen LogP contribution in [0, 0.1) is 0 Å². The maximum atomic E-state index is 13.8. The zero-order valence-corrected chi connectivity index (χ0v) is 23.3. The standard InChI is InChI=1S/C32H33N3O4S/c1-39-30-20-12-11-19-29(30)35(40(37,38)28-17-9-4-10-18-28)25-31(36)33-21-23-34(24-22-33)32(26-13-5-2-6-14-26)27-15-7-3-8-16-27/h2-20,32H,21-25H2,1H3. The number of anilines is 1. The van der Waals surface area contributed by atoms with Crippen molar-refractivity contribution < 1.29 is 17.9 Å². The molecule has 1 fully saturated rings. The number of para-hydroxylation sites is 2. The quantitative estimate of drug-likeness (QED) is 0.296. The number of carbonyl (C=O) groups excluding carboxylic acids is 1. The molecule has 0 radical (unpaired) electrons. The van der Waals surface area contributed by atoms with Gasteiger partial charge in [0.25, 0.3) is 10.0 Å². The van der Waals surface area contributed by atoms with E-state index in [1.807, 2.05) is 36.4 Å². The number of piperazine rings is 1. The van der Waals surface area contributed by atoms with Crippen molar-refractivity contribution in [2.45, 2.75) is 10.9 Å². The zero-order valence-electron chi connectivity index (χ0n) is 22.5. The van der Waals surface area contributed by atoms with E-state index in [1.54, 1.807) is 47.4 Å². The summed E-state index contributed by atoms with van der Waals surface area (Å²) in [6.45, 7) is 2.01. The lowest BCUT2D eigenvalue weighted by atomic mass is 9.96. The lowest BCUT2D eigenvalue weighted by Crippen LogP contribution is -2.52. The number of rotatable bonds is 9. The van der Waals surface area contributed by atoms with Gasteiger partial charge in [0.1, 0.15) is 12.3 Å². The lowest BCUT2D eigenvalue weighted by molar-refractivity contribution is -0.131. The zero-order chi connectivity index (χ0) is 28.0. The van der Waals surface area contributed by atoms with Crippen molar-refractivity contribution >= 4 is 21.6 Å². The molecule has 0 bridgehead atoms. The largest absolute Gasteiger partial charge is 0.495 e. The van der Waals surface area contributed by atoms with Crippen molar-refractivity contribution in [3.63, 3.8) is 0 Å². The predicted octanol–water partition coefficient (Wildman–Crippen LogP) is 4.82. The molecule has 1 saturated heterocycles. The Morgan fingerprint density at radius 2 is 1.25 bits per heavy atom. The fraction of sp³-hybridized carbons (Fsp3) is 0.219. The molecule has 7 nitrogen and oxygen atoms in total. The molecule has 0 saturated carbocycles. The summed E-state index contributed by atoms with van der Waals surface area (Å²) in [7, 11) is -2.53. The van der Waals surface area contributed by atoms with Crippen LogP contribution in [0.1, 0.15) is 17.2 Å². The van der Waals surface area contributed by atoms with Crippen LogP contribution in [0.15, 0.2) is 120 Å². The first-order valence-corrected chi connectivity index (χ1v) is 14.8. The minimum atomic E-state index is -4.02. The summed E-state index contributed by atoms with van der Waals surface area (Å²) in [5.74, 6) is 0.134. The molecule has 5 rings (SSSR count). The maximum absolute atomic E-state index is 13.8. The van der Waals surface area contributed by atoms with E-state index in [0.717, 1.165) is 4.31 Å². The third-order valence-corrected chi connectivity index (χ3v) is 9.00. The first-order valence-electron chi connectivity index (χ1n) is 13.3. The average Bonchev–Trinajstić information content (AvgIpc) is 3.01. The van der Waals surface area contributed by atoms with Crippen LogP contribution in [0.4, 0.5) is 5.69 Å². The molecule has 0 atom stereocenters. The van der Waals surface area contributed by atoms with Gasteiger partial charge in [-0.05, 0) is 35.4 Å².